The van der Waals surface area contributed by atoms with Crippen LogP contribution in [0, 0.1) is 0 Å². The lowest BCUT2D eigenvalue weighted by Gasteiger charge is -2.08. The quantitative estimate of drug-likeness (QED) is 0.774. The lowest BCUT2D eigenvalue weighted by molar-refractivity contribution is 0.0575. The lowest BCUT2D eigenvalue weighted by Crippen LogP contribution is -2.17. The number of hydrogen-bond acceptors (Lipinski definition) is 3. The Kier molecular flexibility index (Phi) is 4.47. The number of ketones is 1. The molecule has 4 nitrogen and oxygen atoms in total. The fourth-order valence-corrected chi connectivity index (χ4v) is 1.71. The Labute approximate surface area is 97.7 Å². The van der Waals surface area contributed by atoms with Crippen LogP contribution >= 0.6 is 15.9 Å². The van der Waals surface area contributed by atoms with Gasteiger partial charge in [-0.25, -0.2) is 0 Å². The summed E-state index contributed by atoms with van der Waals surface area (Å²) in [4.78, 5) is 11.8. The predicted octanol–water partition coefficient (Wildman–Crippen LogP) is 2.27. The first-order valence-corrected chi connectivity index (χ1v) is 5.71. The highest BCUT2D eigenvalue weighted by atomic mass is 79.9. The van der Waals surface area contributed by atoms with Crippen molar-refractivity contribution < 1.29 is 9.53 Å². The molecule has 0 unspecified atom stereocenters. The van der Waals surface area contributed by atoms with Gasteiger partial charge in [0.05, 0.1) is 16.8 Å². The summed E-state index contributed by atoms with van der Waals surface area (Å²) in [7, 11) is 0. The van der Waals surface area contributed by atoms with Gasteiger partial charge < -0.3 is 4.74 Å². The van der Waals surface area contributed by atoms with E-state index in [2.05, 4.69) is 21.0 Å². The van der Waals surface area contributed by atoms with Crippen molar-refractivity contribution in [3.8, 4) is 0 Å². The number of carbonyl (C=O) groups excluding carboxylic acids is 1. The van der Waals surface area contributed by atoms with Crippen molar-refractivity contribution in [3.05, 3.63) is 16.4 Å². The fraction of sp³-hybridized carbons (Fsp3) is 0.600. The normalized spacial score (nSPS) is 11.0. The second-order valence-corrected chi connectivity index (χ2v) is 4.29. The number of halogens is 1. The Hall–Kier alpha value is -0.680. The molecule has 15 heavy (non-hydrogen) atoms. The van der Waals surface area contributed by atoms with Gasteiger partial charge in [-0.3, -0.25) is 9.48 Å². The molecule has 0 aliphatic heterocycles. The molecule has 1 heterocycles. The smallest absolute Gasteiger partial charge is 0.207 e. The third-order valence-electron chi connectivity index (χ3n) is 1.91. The molecule has 0 saturated carbocycles. The van der Waals surface area contributed by atoms with Crippen LogP contribution in [0.25, 0.3) is 0 Å². The summed E-state index contributed by atoms with van der Waals surface area (Å²) in [5, 5.41) is 4.08. The molecule has 0 radical (unpaired) electrons. The molecule has 1 rings (SSSR count). The molecule has 0 atom stereocenters. The zero-order valence-corrected chi connectivity index (χ0v) is 10.7. The molecule has 5 heteroatoms. The van der Waals surface area contributed by atoms with Crippen molar-refractivity contribution in [3.63, 3.8) is 0 Å². The van der Waals surface area contributed by atoms with Crippen molar-refractivity contribution in [1.82, 2.24) is 9.78 Å². The Balaban J connectivity index is 2.76. The third kappa shape index (κ3) is 3.14. The Morgan fingerprint density at radius 3 is 2.87 bits per heavy atom. The highest BCUT2D eigenvalue weighted by Crippen LogP contribution is 2.16. The minimum atomic E-state index is -0.0464. The van der Waals surface area contributed by atoms with Gasteiger partial charge >= 0.3 is 0 Å². The van der Waals surface area contributed by atoms with E-state index in [9.17, 15) is 4.79 Å². The molecular weight excluding hydrogens is 260 g/mol. The molecule has 0 bridgehead atoms. The standard InChI is InChI=1S/C10H15BrN2O2/c1-4-13-10(8(11)5-12-13)9(14)6-15-7(2)3/h5,7H,4,6H2,1-3H3. The molecule has 0 N–H and O–H groups in total. The summed E-state index contributed by atoms with van der Waals surface area (Å²) in [6, 6.07) is 0. The van der Waals surface area contributed by atoms with E-state index in [0.29, 0.717) is 12.2 Å². The summed E-state index contributed by atoms with van der Waals surface area (Å²) in [6.45, 7) is 6.52. The zero-order valence-electron chi connectivity index (χ0n) is 9.16. The maximum Gasteiger partial charge on any atom is 0.207 e. The topological polar surface area (TPSA) is 44.1 Å². The minimum Gasteiger partial charge on any atom is -0.371 e. The zero-order chi connectivity index (χ0) is 11.4. The molecule has 0 amide bonds. The van der Waals surface area contributed by atoms with Crippen LogP contribution in [0.15, 0.2) is 10.7 Å². The first kappa shape index (κ1) is 12.4. The van der Waals surface area contributed by atoms with Crippen molar-refractivity contribution in [1.29, 1.82) is 0 Å². The molecule has 1 aromatic heterocycles. The van der Waals surface area contributed by atoms with E-state index >= 15 is 0 Å². The summed E-state index contributed by atoms with van der Waals surface area (Å²) < 4.78 is 7.66. The number of carbonyl (C=O) groups is 1. The van der Waals surface area contributed by atoms with Crippen LogP contribution < -0.4 is 0 Å². The van der Waals surface area contributed by atoms with Gasteiger partial charge in [0.25, 0.3) is 0 Å². The number of aryl methyl sites for hydroxylation is 1. The molecular formula is C10H15BrN2O2. The Morgan fingerprint density at radius 2 is 2.33 bits per heavy atom. The van der Waals surface area contributed by atoms with E-state index in [1.165, 1.54) is 0 Å². The second kappa shape index (κ2) is 5.42. The molecule has 0 fully saturated rings. The van der Waals surface area contributed by atoms with Crippen molar-refractivity contribution in [2.24, 2.45) is 0 Å². The first-order valence-electron chi connectivity index (χ1n) is 4.92. The Morgan fingerprint density at radius 1 is 1.67 bits per heavy atom. The average molecular weight is 275 g/mol. The summed E-state index contributed by atoms with van der Waals surface area (Å²) in [5.41, 5.74) is 0.582. The van der Waals surface area contributed by atoms with E-state index in [1.807, 2.05) is 20.8 Å². The van der Waals surface area contributed by atoms with Crippen LogP contribution in [0.5, 0.6) is 0 Å². The maximum absolute atomic E-state index is 11.8. The van der Waals surface area contributed by atoms with E-state index in [1.54, 1.807) is 10.9 Å². The SMILES string of the molecule is CCn1ncc(Br)c1C(=O)COC(C)C. The number of nitrogens with zero attached hydrogens (tertiary/aromatic N) is 2. The van der Waals surface area contributed by atoms with E-state index in [0.717, 1.165) is 4.47 Å². The van der Waals surface area contributed by atoms with Gasteiger partial charge in [-0.15, -0.1) is 0 Å². The molecule has 0 aromatic carbocycles. The number of hydrogen-bond donors (Lipinski definition) is 0. The van der Waals surface area contributed by atoms with Crippen LogP contribution in [0.2, 0.25) is 0 Å². The average Bonchev–Trinajstić information content (AvgIpc) is 2.56. The number of Topliss-reactive ketones (excluding diaryl/α,β-unsaturated/α-hetero) is 1. The third-order valence-corrected chi connectivity index (χ3v) is 2.49. The summed E-state index contributed by atoms with van der Waals surface area (Å²) in [6.07, 6.45) is 1.69. The summed E-state index contributed by atoms with van der Waals surface area (Å²) in [5.74, 6) is -0.0464. The molecule has 0 aliphatic rings. The first-order chi connectivity index (χ1) is 7.06. The second-order valence-electron chi connectivity index (χ2n) is 3.44. The number of rotatable bonds is 5. The molecule has 0 aliphatic carbocycles. The van der Waals surface area contributed by atoms with E-state index in [4.69, 9.17) is 4.74 Å². The number of ether oxygens (including phenoxy) is 1. The lowest BCUT2D eigenvalue weighted by atomic mass is 10.3. The molecule has 0 saturated heterocycles. The van der Waals surface area contributed by atoms with Gasteiger partial charge in [-0.1, -0.05) is 0 Å². The van der Waals surface area contributed by atoms with E-state index in [-0.39, 0.29) is 18.5 Å². The van der Waals surface area contributed by atoms with Gasteiger partial charge in [-0.05, 0) is 36.7 Å². The molecule has 1 aromatic rings. The highest BCUT2D eigenvalue weighted by Gasteiger charge is 2.16. The van der Waals surface area contributed by atoms with Crippen molar-refractivity contribution >= 4 is 21.7 Å². The van der Waals surface area contributed by atoms with Gasteiger partial charge in [0.1, 0.15) is 12.3 Å². The van der Waals surface area contributed by atoms with Crippen LogP contribution in [0.1, 0.15) is 31.3 Å². The van der Waals surface area contributed by atoms with Crippen LogP contribution in [-0.4, -0.2) is 28.3 Å². The highest BCUT2D eigenvalue weighted by molar-refractivity contribution is 9.10. The summed E-state index contributed by atoms with van der Waals surface area (Å²) >= 11 is 3.31. The fourth-order valence-electron chi connectivity index (χ4n) is 1.19. The number of aromatic nitrogens is 2. The minimum absolute atomic E-state index is 0.0464. The molecule has 84 valence electrons. The predicted molar refractivity (Wildman–Crippen MR) is 61.0 cm³/mol. The maximum atomic E-state index is 11.8. The Bertz CT molecular complexity index is 347. The van der Waals surface area contributed by atoms with Crippen LogP contribution in [-0.2, 0) is 11.3 Å². The monoisotopic (exact) mass is 274 g/mol. The van der Waals surface area contributed by atoms with Crippen molar-refractivity contribution in [2.75, 3.05) is 6.61 Å². The van der Waals surface area contributed by atoms with Gasteiger partial charge in [0, 0.05) is 6.54 Å². The van der Waals surface area contributed by atoms with Gasteiger partial charge in [-0.2, -0.15) is 5.10 Å². The molecule has 0 spiro atoms. The van der Waals surface area contributed by atoms with E-state index < -0.39 is 0 Å². The largest absolute Gasteiger partial charge is 0.371 e. The van der Waals surface area contributed by atoms with Crippen LogP contribution in [0.3, 0.4) is 0 Å². The van der Waals surface area contributed by atoms with Crippen molar-refractivity contribution in [2.45, 2.75) is 33.4 Å². The van der Waals surface area contributed by atoms with Crippen LogP contribution in [0.4, 0.5) is 0 Å². The van der Waals surface area contributed by atoms with Gasteiger partial charge in [0.2, 0.25) is 5.78 Å². The van der Waals surface area contributed by atoms with Gasteiger partial charge in [0.15, 0.2) is 0 Å².